The minimum Gasteiger partial charge on any atom is -0.310 e. The summed E-state index contributed by atoms with van der Waals surface area (Å²) in [6, 6.07) is 95.0. The summed E-state index contributed by atoms with van der Waals surface area (Å²) >= 11 is 1.86. The Morgan fingerprint density at radius 1 is 0.242 bits per heavy atom. The van der Waals surface area contributed by atoms with E-state index in [9.17, 15) is 0 Å². The molecule has 0 saturated carbocycles. The maximum atomic E-state index is 2.38. The average molecular weight is 858 g/mol. The van der Waals surface area contributed by atoms with E-state index in [1.165, 1.54) is 97.7 Å². The fourth-order valence-electron chi connectivity index (χ4n) is 9.47. The molecule has 0 bridgehead atoms. The zero-order valence-electron chi connectivity index (χ0n) is 36.2. The van der Waals surface area contributed by atoms with E-state index in [1.54, 1.807) is 0 Å². The van der Waals surface area contributed by atoms with Gasteiger partial charge in [-0.25, -0.2) is 0 Å². The van der Waals surface area contributed by atoms with Crippen molar-refractivity contribution in [2.24, 2.45) is 0 Å². The number of rotatable bonds is 9. The van der Waals surface area contributed by atoms with Gasteiger partial charge < -0.3 is 4.90 Å². The van der Waals surface area contributed by atoms with Crippen molar-refractivity contribution < 1.29 is 0 Å². The summed E-state index contributed by atoms with van der Waals surface area (Å²) < 4.78 is 2.63. The minimum atomic E-state index is 1.09. The summed E-state index contributed by atoms with van der Waals surface area (Å²) in [5, 5.41) is 5.16. The molecule has 0 aliphatic heterocycles. The van der Waals surface area contributed by atoms with Crippen molar-refractivity contribution in [2.45, 2.75) is 0 Å². The van der Waals surface area contributed by atoms with Gasteiger partial charge >= 0.3 is 0 Å². The standard InChI is InChI=1S/C64H43NS/c1-2-11-44(12-3-1)46-23-29-50(30-24-46)55-17-9-18-59(43-55)65(58-39-35-51(36-40-58)60-20-10-22-63-64(60)61-19-6-7-21-62(61)66-63)57-37-33-48(34-38-57)47-25-27-49(28-26-47)53-15-8-16-54(41-53)56-32-31-45-13-4-5-14-52(45)42-56/h1-43H. The zero-order chi connectivity index (χ0) is 43.8. The predicted molar refractivity (Wildman–Crippen MR) is 284 cm³/mol. The molecule has 0 amide bonds. The number of benzene rings is 11. The molecular weight excluding hydrogens is 815 g/mol. The molecular formula is C64H43NS. The zero-order valence-corrected chi connectivity index (χ0v) is 37.0. The molecule has 0 radical (unpaired) electrons. The molecule has 0 N–H and O–H groups in total. The maximum absolute atomic E-state index is 2.38. The molecule has 1 heterocycles. The number of anilines is 3. The van der Waals surface area contributed by atoms with E-state index in [0.717, 1.165) is 17.1 Å². The Balaban J connectivity index is 0.872. The quantitative estimate of drug-likeness (QED) is 0.140. The Kier molecular flexibility index (Phi) is 10.1. The molecule has 2 heteroatoms. The van der Waals surface area contributed by atoms with Gasteiger partial charge in [0, 0.05) is 37.2 Å². The lowest BCUT2D eigenvalue weighted by atomic mass is 9.96. The van der Waals surface area contributed by atoms with Crippen LogP contribution in [0.1, 0.15) is 0 Å². The second-order valence-electron chi connectivity index (χ2n) is 16.9. The molecule has 0 aliphatic rings. The molecule has 1 aromatic heterocycles. The lowest BCUT2D eigenvalue weighted by Gasteiger charge is -2.26. The Morgan fingerprint density at radius 2 is 0.682 bits per heavy atom. The third-order valence-electron chi connectivity index (χ3n) is 12.9. The molecule has 0 atom stereocenters. The van der Waals surface area contributed by atoms with Gasteiger partial charge in [0.15, 0.2) is 0 Å². The van der Waals surface area contributed by atoms with Gasteiger partial charge in [-0.05, 0) is 138 Å². The third-order valence-corrected chi connectivity index (χ3v) is 14.0. The van der Waals surface area contributed by atoms with Crippen molar-refractivity contribution >= 4 is 59.3 Å². The number of fused-ring (bicyclic) bond motifs is 4. The van der Waals surface area contributed by atoms with Crippen molar-refractivity contribution in [3.8, 4) is 66.8 Å². The van der Waals surface area contributed by atoms with Crippen molar-refractivity contribution in [3.05, 3.63) is 261 Å². The number of nitrogens with zero attached hydrogens (tertiary/aromatic N) is 1. The summed E-state index contributed by atoms with van der Waals surface area (Å²) in [5.41, 5.74) is 17.8. The van der Waals surface area contributed by atoms with E-state index < -0.39 is 0 Å². The largest absolute Gasteiger partial charge is 0.310 e. The molecule has 1 nitrogen and oxygen atoms in total. The van der Waals surface area contributed by atoms with Gasteiger partial charge in [0.25, 0.3) is 0 Å². The molecule has 310 valence electrons. The van der Waals surface area contributed by atoms with Crippen LogP contribution >= 0.6 is 11.3 Å². The van der Waals surface area contributed by atoms with Gasteiger partial charge in [-0.3, -0.25) is 0 Å². The van der Waals surface area contributed by atoms with Gasteiger partial charge in [0.2, 0.25) is 0 Å². The van der Waals surface area contributed by atoms with Crippen LogP contribution in [0.5, 0.6) is 0 Å². The van der Waals surface area contributed by atoms with Gasteiger partial charge in [0.05, 0.1) is 0 Å². The van der Waals surface area contributed by atoms with Crippen LogP contribution in [-0.2, 0) is 0 Å². The predicted octanol–water partition coefficient (Wildman–Crippen LogP) is 18.7. The summed E-state index contributed by atoms with van der Waals surface area (Å²) in [6.45, 7) is 0. The summed E-state index contributed by atoms with van der Waals surface area (Å²) in [5.74, 6) is 0. The molecule has 0 aliphatic carbocycles. The second-order valence-corrected chi connectivity index (χ2v) is 18.0. The first-order valence-electron chi connectivity index (χ1n) is 22.6. The molecule has 0 saturated heterocycles. The molecule has 12 aromatic rings. The van der Waals surface area contributed by atoms with Crippen LogP contribution in [-0.4, -0.2) is 0 Å². The van der Waals surface area contributed by atoms with Crippen LogP contribution in [0.15, 0.2) is 261 Å². The Labute approximate surface area is 389 Å². The van der Waals surface area contributed by atoms with Crippen molar-refractivity contribution in [1.82, 2.24) is 0 Å². The molecule has 0 unspecified atom stereocenters. The highest BCUT2D eigenvalue weighted by Crippen LogP contribution is 2.42. The summed E-state index contributed by atoms with van der Waals surface area (Å²) in [7, 11) is 0. The van der Waals surface area contributed by atoms with Crippen LogP contribution in [0.2, 0.25) is 0 Å². The van der Waals surface area contributed by atoms with Crippen molar-refractivity contribution in [2.75, 3.05) is 4.90 Å². The van der Waals surface area contributed by atoms with E-state index in [-0.39, 0.29) is 0 Å². The van der Waals surface area contributed by atoms with Crippen molar-refractivity contribution in [3.63, 3.8) is 0 Å². The molecule has 0 spiro atoms. The van der Waals surface area contributed by atoms with E-state index >= 15 is 0 Å². The first kappa shape index (κ1) is 39.3. The highest BCUT2D eigenvalue weighted by atomic mass is 32.1. The fraction of sp³-hybridized carbons (Fsp3) is 0. The number of hydrogen-bond donors (Lipinski definition) is 0. The lowest BCUT2D eigenvalue weighted by molar-refractivity contribution is 1.28. The summed E-state index contributed by atoms with van der Waals surface area (Å²) in [4.78, 5) is 2.38. The Bertz CT molecular complexity index is 3660. The second kappa shape index (κ2) is 17.0. The van der Waals surface area contributed by atoms with Gasteiger partial charge in [0.1, 0.15) is 0 Å². The molecule has 66 heavy (non-hydrogen) atoms. The van der Waals surface area contributed by atoms with Crippen LogP contribution in [0.25, 0.3) is 97.7 Å². The van der Waals surface area contributed by atoms with E-state index in [4.69, 9.17) is 0 Å². The van der Waals surface area contributed by atoms with Crippen LogP contribution < -0.4 is 4.90 Å². The van der Waals surface area contributed by atoms with Gasteiger partial charge in [-0.15, -0.1) is 11.3 Å². The molecule has 11 aromatic carbocycles. The highest BCUT2D eigenvalue weighted by molar-refractivity contribution is 7.25. The Morgan fingerprint density at radius 3 is 1.36 bits per heavy atom. The topological polar surface area (TPSA) is 3.24 Å². The number of thiophene rings is 1. The van der Waals surface area contributed by atoms with Gasteiger partial charge in [-0.2, -0.15) is 0 Å². The normalized spacial score (nSPS) is 11.3. The van der Waals surface area contributed by atoms with Crippen LogP contribution in [0.3, 0.4) is 0 Å². The lowest BCUT2D eigenvalue weighted by Crippen LogP contribution is -2.10. The van der Waals surface area contributed by atoms with Crippen molar-refractivity contribution in [1.29, 1.82) is 0 Å². The Hall–Kier alpha value is -8.30. The third kappa shape index (κ3) is 7.54. The van der Waals surface area contributed by atoms with E-state index in [0.29, 0.717) is 0 Å². The van der Waals surface area contributed by atoms with E-state index in [1.807, 2.05) is 11.3 Å². The smallest absolute Gasteiger partial charge is 0.0467 e. The number of hydrogen-bond acceptors (Lipinski definition) is 2. The first-order chi connectivity index (χ1) is 32.7. The van der Waals surface area contributed by atoms with Crippen LogP contribution in [0.4, 0.5) is 17.1 Å². The van der Waals surface area contributed by atoms with E-state index in [2.05, 4.69) is 266 Å². The molecule has 0 fully saturated rings. The highest BCUT2D eigenvalue weighted by Gasteiger charge is 2.16. The summed E-state index contributed by atoms with van der Waals surface area (Å²) in [6.07, 6.45) is 0. The fourth-order valence-corrected chi connectivity index (χ4v) is 10.6. The first-order valence-corrected chi connectivity index (χ1v) is 23.4. The monoisotopic (exact) mass is 857 g/mol. The van der Waals surface area contributed by atoms with Gasteiger partial charge in [-0.1, -0.05) is 200 Å². The minimum absolute atomic E-state index is 1.09. The van der Waals surface area contributed by atoms with Crippen LogP contribution in [0, 0.1) is 0 Å². The molecule has 12 rings (SSSR count). The maximum Gasteiger partial charge on any atom is 0.0467 e. The SMILES string of the molecule is c1ccc(-c2ccc(-c3cccc(N(c4ccc(-c5ccc(-c6cccc(-c7ccc8ccccc8c7)c6)cc5)cc4)c4ccc(-c5cccc6sc7ccccc7c56)cc4)c3)cc2)cc1. The average Bonchev–Trinajstić information content (AvgIpc) is 3.79.